The van der Waals surface area contributed by atoms with Gasteiger partial charge in [0.1, 0.15) is 0 Å². The second kappa shape index (κ2) is 4.88. The Morgan fingerprint density at radius 2 is 2.11 bits per heavy atom. The van der Waals surface area contributed by atoms with Gasteiger partial charge < -0.3 is 9.84 Å². The van der Waals surface area contributed by atoms with Crippen LogP contribution in [0, 0.1) is 0 Å². The highest BCUT2D eigenvalue weighted by molar-refractivity contribution is 5.87. The van der Waals surface area contributed by atoms with E-state index in [2.05, 4.69) is 4.98 Å². The van der Waals surface area contributed by atoms with Crippen molar-refractivity contribution in [1.29, 1.82) is 0 Å². The fourth-order valence-corrected chi connectivity index (χ4v) is 2.21. The molecule has 1 aromatic heterocycles. The van der Waals surface area contributed by atoms with Crippen LogP contribution >= 0.6 is 0 Å². The van der Waals surface area contributed by atoms with E-state index < -0.39 is 11.4 Å². The molecule has 100 valence electrons. The molecule has 2 rings (SSSR count). The third-order valence-electron chi connectivity index (χ3n) is 3.30. The highest BCUT2D eigenvalue weighted by Gasteiger charge is 2.24. The van der Waals surface area contributed by atoms with Crippen molar-refractivity contribution in [3.05, 3.63) is 36.0 Å². The molecule has 1 aromatic carbocycles. The molecule has 0 fully saturated rings. The van der Waals surface area contributed by atoms with E-state index in [0.717, 1.165) is 16.3 Å². The maximum Gasteiger partial charge on any atom is 0.304 e. The zero-order valence-electron chi connectivity index (χ0n) is 11.3. The predicted molar refractivity (Wildman–Crippen MR) is 73.6 cm³/mol. The third kappa shape index (κ3) is 2.67. The Bertz CT molecular complexity index is 620. The van der Waals surface area contributed by atoms with Crippen molar-refractivity contribution < 1.29 is 14.6 Å². The summed E-state index contributed by atoms with van der Waals surface area (Å²) in [6.45, 7) is 3.86. The summed E-state index contributed by atoms with van der Waals surface area (Å²) < 4.78 is 5.21. The molecule has 0 aliphatic carbocycles. The number of aliphatic carboxylic acids is 1. The molecular formula is C15H17NO3. The molecule has 0 radical (unpaired) electrons. The smallest absolute Gasteiger partial charge is 0.304 e. The summed E-state index contributed by atoms with van der Waals surface area (Å²) in [7, 11) is 1.59. The Morgan fingerprint density at radius 1 is 1.37 bits per heavy atom. The number of carboxylic acid groups (broad SMARTS) is 1. The van der Waals surface area contributed by atoms with Gasteiger partial charge in [-0.2, -0.15) is 0 Å². The molecule has 0 unspecified atom stereocenters. The summed E-state index contributed by atoms with van der Waals surface area (Å²) in [6.07, 6.45) is 1.79. The number of rotatable bonds is 4. The fourth-order valence-electron chi connectivity index (χ4n) is 2.21. The molecule has 0 aliphatic rings. The maximum atomic E-state index is 10.9. The summed E-state index contributed by atoms with van der Waals surface area (Å²) in [5, 5.41) is 10.9. The first-order valence-electron chi connectivity index (χ1n) is 6.09. The lowest BCUT2D eigenvalue weighted by Gasteiger charge is -2.23. The van der Waals surface area contributed by atoms with Gasteiger partial charge in [0.2, 0.25) is 5.88 Å². The molecule has 0 aliphatic heterocycles. The van der Waals surface area contributed by atoms with Crippen LogP contribution in [0.5, 0.6) is 5.88 Å². The minimum Gasteiger partial charge on any atom is -0.481 e. The van der Waals surface area contributed by atoms with Gasteiger partial charge in [0.05, 0.1) is 13.5 Å². The Morgan fingerprint density at radius 3 is 2.74 bits per heavy atom. The largest absolute Gasteiger partial charge is 0.481 e. The van der Waals surface area contributed by atoms with E-state index in [9.17, 15) is 4.79 Å². The Hall–Kier alpha value is -2.10. The van der Waals surface area contributed by atoms with Crippen molar-refractivity contribution in [2.24, 2.45) is 0 Å². The van der Waals surface area contributed by atoms with Crippen molar-refractivity contribution in [1.82, 2.24) is 4.98 Å². The molecule has 4 heteroatoms. The van der Waals surface area contributed by atoms with Gasteiger partial charge in [0.15, 0.2) is 0 Å². The quantitative estimate of drug-likeness (QED) is 0.917. The van der Waals surface area contributed by atoms with Crippen LogP contribution in [0.4, 0.5) is 0 Å². The molecule has 0 atom stereocenters. The first kappa shape index (κ1) is 13.3. The van der Waals surface area contributed by atoms with Gasteiger partial charge in [-0.25, -0.2) is 4.98 Å². The van der Waals surface area contributed by atoms with Crippen LogP contribution in [0.25, 0.3) is 10.8 Å². The van der Waals surface area contributed by atoms with Crippen molar-refractivity contribution in [2.75, 3.05) is 7.11 Å². The molecule has 0 amide bonds. The standard InChI is InChI=1S/C15H17NO3/c1-15(2,9-13(17)18)11-4-5-12-10(8-11)6-7-16-14(12)19-3/h4-8H,9H2,1-3H3,(H,17,18). The van der Waals surface area contributed by atoms with E-state index in [4.69, 9.17) is 9.84 Å². The van der Waals surface area contributed by atoms with Crippen LogP contribution < -0.4 is 4.74 Å². The second-order valence-electron chi connectivity index (χ2n) is 5.21. The van der Waals surface area contributed by atoms with Gasteiger partial charge in [-0.15, -0.1) is 0 Å². The number of hydrogen-bond donors (Lipinski definition) is 1. The third-order valence-corrected chi connectivity index (χ3v) is 3.30. The number of fused-ring (bicyclic) bond motifs is 1. The maximum absolute atomic E-state index is 10.9. The summed E-state index contributed by atoms with van der Waals surface area (Å²) in [5.41, 5.74) is 0.590. The van der Waals surface area contributed by atoms with Crippen LogP contribution in [0.3, 0.4) is 0 Å². The molecule has 4 nitrogen and oxygen atoms in total. The summed E-state index contributed by atoms with van der Waals surface area (Å²) >= 11 is 0. The van der Waals surface area contributed by atoms with Crippen molar-refractivity contribution in [3.63, 3.8) is 0 Å². The molecule has 0 spiro atoms. The lowest BCUT2D eigenvalue weighted by atomic mass is 9.81. The van der Waals surface area contributed by atoms with Gasteiger partial charge in [-0.1, -0.05) is 26.0 Å². The van der Waals surface area contributed by atoms with Crippen molar-refractivity contribution in [3.8, 4) is 5.88 Å². The molecule has 2 aromatic rings. The average Bonchev–Trinajstić information content (AvgIpc) is 2.35. The number of pyridine rings is 1. The first-order valence-corrected chi connectivity index (χ1v) is 6.09. The number of ether oxygens (including phenoxy) is 1. The number of aromatic nitrogens is 1. The minimum absolute atomic E-state index is 0.0979. The van der Waals surface area contributed by atoms with E-state index in [1.807, 2.05) is 38.1 Å². The molecule has 0 saturated carbocycles. The summed E-state index contributed by atoms with van der Waals surface area (Å²) in [5.74, 6) is -0.211. The van der Waals surface area contributed by atoms with Gasteiger partial charge in [0.25, 0.3) is 0 Å². The monoisotopic (exact) mass is 259 g/mol. The van der Waals surface area contributed by atoms with Crippen LogP contribution in [-0.2, 0) is 10.2 Å². The van der Waals surface area contributed by atoms with E-state index in [-0.39, 0.29) is 6.42 Å². The number of nitrogens with zero attached hydrogens (tertiary/aromatic N) is 1. The molecule has 0 bridgehead atoms. The SMILES string of the molecule is COc1nccc2cc(C(C)(C)CC(=O)O)ccc12. The zero-order valence-corrected chi connectivity index (χ0v) is 11.3. The number of carboxylic acids is 1. The van der Waals surface area contributed by atoms with E-state index >= 15 is 0 Å². The lowest BCUT2D eigenvalue weighted by Crippen LogP contribution is -2.21. The molecular weight excluding hydrogens is 242 g/mol. The van der Waals surface area contributed by atoms with Crippen molar-refractivity contribution in [2.45, 2.75) is 25.7 Å². The average molecular weight is 259 g/mol. The zero-order chi connectivity index (χ0) is 14.0. The predicted octanol–water partition coefficient (Wildman–Crippen LogP) is 3.00. The Labute approximate surface area is 112 Å². The normalized spacial score (nSPS) is 11.5. The van der Waals surface area contributed by atoms with Crippen LogP contribution in [0.15, 0.2) is 30.5 Å². The lowest BCUT2D eigenvalue weighted by molar-refractivity contribution is -0.138. The van der Waals surface area contributed by atoms with Crippen LogP contribution in [0.2, 0.25) is 0 Å². The topological polar surface area (TPSA) is 59.4 Å². The number of hydrogen-bond acceptors (Lipinski definition) is 3. The van der Waals surface area contributed by atoms with Gasteiger partial charge in [-0.05, 0) is 23.1 Å². The number of benzene rings is 1. The summed E-state index contributed by atoms with van der Waals surface area (Å²) in [4.78, 5) is 15.1. The minimum atomic E-state index is -0.794. The Kier molecular flexibility index (Phi) is 3.42. The van der Waals surface area contributed by atoms with E-state index in [1.165, 1.54) is 0 Å². The Balaban J connectivity index is 2.50. The highest BCUT2D eigenvalue weighted by atomic mass is 16.5. The molecule has 19 heavy (non-hydrogen) atoms. The van der Waals surface area contributed by atoms with Crippen LogP contribution in [0.1, 0.15) is 25.8 Å². The van der Waals surface area contributed by atoms with Gasteiger partial charge >= 0.3 is 5.97 Å². The number of carbonyl (C=O) groups is 1. The van der Waals surface area contributed by atoms with E-state index in [1.54, 1.807) is 13.3 Å². The highest BCUT2D eigenvalue weighted by Crippen LogP contribution is 2.31. The molecule has 0 saturated heterocycles. The van der Waals surface area contributed by atoms with E-state index in [0.29, 0.717) is 5.88 Å². The number of methoxy groups -OCH3 is 1. The fraction of sp³-hybridized carbons (Fsp3) is 0.333. The molecule has 1 N–H and O–H groups in total. The second-order valence-corrected chi connectivity index (χ2v) is 5.21. The van der Waals surface area contributed by atoms with Crippen molar-refractivity contribution >= 4 is 16.7 Å². The molecule has 1 heterocycles. The first-order chi connectivity index (χ1) is 8.94. The van der Waals surface area contributed by atoms with Crippen LogP contribution in [-0.4, -0.2) is 23.2 Å². The summed E-state index contributed by atoms with van der Waals surface area (Å²) in [6, 6.07) is 7.77. The van der Waals surface area contributed by atoms with Gasteiger partial charge in [-0.3, -0.25) is 4.79 Å². The van der Waals surface area contributed by atoms with Gasteiger partial charge in [0, 0.05) is 17.0 Å².